The Morgan fingerprint density at radius 3 is 2.30 bits per heavy atom. The van der Waals surface area contributed by atoms with Gasteiger partial charge in [0.2, 0.25) is 0 Å². The smallest absolute Gasteiger partial charge is 0.259 e. The Hall–Kier alpha value is -4.20. The minimum Gasteiger partial charge on any atom is -0.497 e. The second kappa shape index (κ2) is 9.52. The number of amidine groups is 1. The maximum Gasteiger partial charge on any atom is 0.259 e. The lowest BCUT2D eigenvalue weighted by molar-refractivity contribution is 0.102. The van der Waals surface area contributed by atoms with Crippen LogP contribution in [0.15, 0.2) is 60.8 Å². The number of hydrogen-bond donors (Lipinski definition) is 3. The van der Waals surface area contributed by atoms with Crippen LogP contribution < -0.4 is 15.4 Å². The van der Waals surface area contributed by atoms with Gasteiger partial charge in [-0.3, -0.25) is 15.0 Å². The van der Waals surface area contributed by atoms with Crippen LogP contribution in [0.1, 0.15) is 38.3 Å². The number of rotatable bonds is 6. The van der Waals surface area contributed by atoms with Crippen LogP contribution in [-0.4, -0.2) is 47.7 Å². The van der Waals surface area contributed by atoms with Gasteiger partial charge < -0.3 is 20.3 Å². The zero-order valence-corrected chi connectivity index (χ0v) is 18.5. The fraction of sp³-hybridized carbons (Fsp3) is 0.200. The van der Waals surface area contributed by atoms with Crippen molar-refractivity contribution in [3.63, 3.8) is 0 Å². The molecule has 0 bridgehead atoms. The number of hydrogen-bond acceptors (Lipinski definition) is 5. The average Bonchev–Trinajstić information content (AvgIpc) is 2.79. The van der Waals surface area contributed by atoms with Crippen LogP contribution >= 0.6 is 0 Å². The predicted molar refractivity (Wildman–Crippen MR) is 127 cm³/mol. The number of methoxy groups -OCH3 is 1. The van der Waals surface area contributed by atoms with Gasteiger partial charge in [0, 0.05) is 30.4 Å². The van der Waals surface area contributed by atoms with E-state index in [1.807, 2.05) is 17.9 Å². The number of aromatic nitrogens is 1. The number of pyridine rings is 1. The van der Waals surface area contributed by atoms with E-state index in [1.54, 1.807) is 54.7 Å². The molecule has 3 N–H and O–H groups in total. The first kappa shape index (κ1) is 22.0. The Labute approximate surface area is 192 Å². The molecule has 0 aliphatic carbocycles. The summed E-state index contributed by atoms with van der Waals surface area (Å²) in [5, 5.41) is 13.8. The molecule has 3 aromatic rings. The molecular weight excluding hydrogens is 418 g/mol. The number of benzene rings is 2. The molecule has 0 radical (unpaired) electrons. The van der Waals surface area contributed by atoms with Crippen molar-refractivity contribution in [3.8, 4) is 5.75 Å². The van der Waals surface area contributed by atoms with Gasteiger partial charge in [-0.1, -0.05) is 18.2 Å². The summed E-state index contributed by atoms with van der Waals surface area (Å²) in [6, 6.07) is 15.3. The van der Waals surface area contributed by atoms with Crippen molar-refractivity contribution in [1.29, 1.82) is 5.41 Å². The second-order valence-corrected chi connectivity index (χ2v) is 7.81. The molecule has 2 aromatic carbocycles. The van der Waals surface area contributed by atoms with Gasteiger partial charge in [-0.25, -0.2) is 4.98 Å². The summed E-state index contributed by atoms with van der Waals surface area (Å²) < 4.78 is 5.25. The Kier molecular flexibility index (Phi) is 6.35. The van der Waals surface area contributed by atoms with E-state index >= 15 is 0 Å². The van der Waals surface area contributed by atoms with E-state index in [9.17, 15) is 9.59 Å². The van der Waals surface area contributed by atoms with Gasteiger partial charge in [-0.2, -0.15) is 0 Å². The largest absolute Gasteiger partial charge is 0.497 e. The highest BCUT2D eigenvalue weighted by Gasteiger charge is 2.19. The molecule has 0 saturated carbocycles. The minimum absolute atomic E-state index is 0.251. The summed E-state index contributed by atoms with van der Waals surface area (Å²) in [5.41, 5.74) is 2.77. The lowest BCUT2D eigenvalue weighted by atomic mass is 10.1. The third-order valence-corrected chi connectivity index (χ3v) is 5.47. The number of anilines is 2. The predicted octanol–water partition coefficient (Wildman–Crippen LogP) is 3.93. The lowest BCUT2D eigenvalue weighted by Gasteiger charge is -2.33. The van der Waals surface area contributed by atoms with Crippen molar-refractivity contribution in [2.75, 3.05) is 30.8 Å². The third kappa shape index (κ3) is 5.01. The molecule has 0 spiro atoms. The molecule has 8 heteroatoms. The van der Waals surface area contributed by atoms with Gasteiger partial charge in [0.1, 0.15) is 17.4 Å². The van der Waals surface area contributed by atoms with E-state index in [4.69, 9.17) is 10.1 Å². The van der Waals surface area contributed by atoms with Crippen LogP contribution in [-0.2, 0) is 0 Å². The van der Waals surface area contributed by atoms with E-state index in [-0.39, 0.29) is 11.5 Å². The van der Waals surface area contributed by atoms with Crippen molar-refractivity contribution in [3.05, 3.63) is 83.0 Å². The molecule has 168 valence electrons. The summed E-state index contributed by atoms with van der Waals surface area (Å²) in [6.07, 6.45) is 2.76. The van der Waals surface area contributed by atoms with Gasteiger partial charge in [0.25, 0.3) is 11.8 Å². The number of carbonyl (C=O) groups is 2. The zero-order chi connectivity index (χ0) is 23.4. The van der Waals surface area contributed by atoms with Gasteiger partial charge >= 0.3 is 0 Å². The molecule has 1 fully saturated rings. The third-order valence-electron chi connectivity index (χ3n) is 5.47. The maximum atomic E-state index is 12.9. The van der Waals surface area contributed by atoms with Gasteiger partial charge in [0.05, 0.1) is 18.4 Å². The molecule has 0 atom stereocenters. The molecule has 8 nitrogen and oxygen atoms in total. The molecule has 1 saturated heterocycles. The van der Waals surface area contributed by atoms with Gasteiger partial charge in [0.15, 0.2) is 0 Å². The topological polar surface area (TPSA) is 107 Å². The zero-order valence-electron chi connectivity index (χ0n) is 18.5. The summed E-state index contributed by atoms with van der Waals surface area (Å²) in [6.45, 7) is 3.69. The normalized spacial score (nSPS) is 12.5. The molecule has 2 heterocycles. The molecule has 1 aliphatic rings. The SMILES string of the molecule is COc1ccc(NC(=O)c2ccc(C(=N)N3CCC3)cc2)c(C(=O)Nc2ccc(C)cn2)c1. The van der Waals surface area contributed by atoms with Crippen LogP contribution in [0.2, 0.25) is 0 Å². The van der Waals surface area contributed by atoms with Crippen LogP contribution in [0.25, 0.3) is 0 Å². The van der Waals surface area contributed by atoms with Crippen molar-refractivity contribution in [2.24, 2.45) is 0 Å². The first-order valence-electron chi connectivity index (χ1n) is 10.6. The van der Waals surface area contributed by atoms with E-state index in [0.29, 0.717) is 28.7 Å². The van der Waals surface area contributed by atoms with Crippen molar-refractivity contribution < 1.29 is 14.3 Å². The monoisotopic (exact) mass is 443 g/mol. The lowest BCUT2D eigenvalue weighted by Crippen LogP contribution is -2.42. The molecule has 4 rings (SSSR count). The number of nitrogens with one attached hydrogen (secondary N) is 3. The van der Waals surface area contributed by atoms with E-state index < -0.39 is 5.91 Å². The number of nitrogens with zero attached hydrogens (tertiary/aromatic N) is 2. The van der Waals surface area contributed by atoms with Crippen LogP contribution in [0.5, 0.6) is 5.75 Å². The highest BCUT2D eigenvalue weighted by molar-refractivity contribution is 6.12. The first-order valence-corrected chi connectivity index (χ1v) is 10.6. The fourth-order valence-corrected chi connectivity index (χ4v) is 3.37. The molecule has 1 aromatic heterocycles. The number of aryl methyl sites for hydroxylation is 1. The summed E-state index contributed by atoms with van der Waals surface area (Å²) in [5.74, 6) is 0.588. The van der Waals surface area contributed by atoms with Crippen LogP contribution in [0.4, 0.5) is 11.5 Å². The summed E-state index contributed by atoms with van der Waals surface area (Å²) >= 11 is 0. The number of ether oxygens (including phenoxy) is 1. The fourth-order valence-electron chi connectivity index (χ4n) is 3.37. The Bertz CT molecular complexity index is 1190. The highest BCUT2D eigenvalue weighted by atomic mass is 16.5. The van der Waals surface area contributed by atoms with Gasteiger partial charge in [-0.15, -0.1) is 0 Å². The number of carbonyl (C=O) groups excluding carboxylic acids is 2. The second-order valence-electron chi connectivity index (χ2n) is 7.81. The van der Waals surface area contributed by atoms with Crippen molar-refractivity contribution in [2.45, 2.75) is 13.3 Å². The van der Waals surface area contributed by atoms with Gasteiger partial charge in [-0.05, 0) is 55.3 Å². The van der Waals surface area contributed by atoms with Crippen LogP contribution in [0, 0.1) is 12.3 Å². The Morgan fingerprint density at radius 1 is 0.970 bits per heavy atom. The highest BCUT2D eigenvalue weighted by Crippen LogP contribution is 2.24. The summed E-state index contributed by atoms with van der Waals surface area (Å²) in [4.78, 5) is 32.0. The molecule has 2 amide bonds. The molecular formula is C25H25N5O3. The average molecular weight is 444 g/mol. The summed E-state index contributed by atoms with van der Waals surface area (Å²) in [7, 11) is 1.51. The van der Waals surface area contributed by atoms with E-state index in [2.05, 4.69) is 15.6 Å². The van der Waals surface area contributed by atoms with E-state index in [1.165, 1.54) is 7.11 Å². The standard InChI is InChI=1S/C25H25N5O3/c1-16-4-11-22(27-15-16)29-25(32)20-14-19(33-2)9-10-21(20)28-24(31)18-7-5-17(6-8-18)23(26)30-12-3-13-30/h4-11,14-15,26H,3,12-13H2,1-2H3,(H,28,31)(H,27,29,32). The van der Waals surface area contributed by atoms with E-state index in [0.717, 1.165) is 30.6 Å². The molecule has 1 aliphatic heterocycles. The molecule has 33 heavy (non-hydrogen) atoms. The van der Waals surface area contributed by atoms with Crippen molar-refractivity contribution >= 4 is 29.2 Å². The van der Waals surface area contributed by atoms with Crippen LogP contribution in [0.3, 0.4) is 0 Å². The number of likely N-dealkylation sites (tertiary alicyclic amines) is 1. The maximum absolute atomic E-state index is 12.9. The van der Waals surface area contributed by atoms with Crippen molar-refractivity contribution in [1.82, 2.24) is 9.88 Å². The Balaban J connectivity index is 1.52. The minimum atomic E-state index is -0.418. The first-order chi connectivity index (χ1) is 15.9. The number of amides is 2. The quantitative estimate of drug-likeness (QED) is 0.395. The molecule has 0 unspecified atom stereocenters. The Morgan fingerprint density at radius 2 is 1.70 bits per heavy atom.